The molecule has 20 heavy (non-hydrogen) atoms. The third kappa shape index (κ3) is 3.95. The van der Waals surface area contributed by atoms with Crippen molar-refractivity contribution in [1.29, 1.82) is 0 Å². The smallest absolute Gasteiger partial charge is 0.261 e. The Kier molecular flexibility index (Phi) is 5.39. The van der Waals surface area contributed by atoms with E-state index in [0.717, 1.165) is 25.7 Å². The Balaban J connectivity index is 1.93. The standard InChI is InChI=1S/C16H22FNO2/c1-2-14(20-15-11-7-6-10-13(15)17)16(19)18-12-8-4-3-5-9-12/h6-7,10-12,14H,2-5,8-9H2,1H3,(H,18,19). The Bertz CT molecular complexity index is 444. The van der Waals surface area contributed by atoms with E-state index in [2.05, 4.69) is 5.32 Å². The van der Waals surface area contributed by atoms with Gasteiger partial charge < -0.3 is 10.1 Å². The summed E-state index contributed by atoms with van der Waals surface area (Å²) in [6.45, 7) is 1.87. The summed E-state index contributed by atoms with van der Waals surface area (Å²) < 4.78 is 19.1. The first-order valence-electron chi connectivity index (χ1n) is 7.42. The highest BCUT2D eigenvalue weighted by molar-refractivity contribution is 5.81. The van der Waals surface area contributed by atoms with Gasteiger partial charge in [-0.1, -0.05) is 38.3 Å². The number of carbonyl (C=O) groups is 1. The molecule has 1 aromatic rings. The summed E-state index contributed by atoms with van der Waals surface area (Å²) in [7, 11) is 0. The Hall–Kier alpha value is -1.58. The van der Waals surface area contributed by atoms with Crippen LogP contribution < -0.4 is 10.1 Å². The van der Waals surface area contributed by atoms with Crippen molar-refractivity contribution >= 4 is 5.91 Å². The first-order valence-corrected chi connectivity index (χ1v) is 7.42. The maximum absolute atomic E-state index is 13.6. The normalized spacial score (nSPS) is 17.5. The van der Waals surface area contributed by atoms with Crippen LogP contribution in [-0.2, 0) is 4.79 Å². The monoisotopic (exact) mass is 279 g/mol. The fourth-order valence-corrected chi connectivity index (χ4v) is 2.56. The first-order chi connectivity index (χ1) is 9.70. The molecule has 1 aromatic carbocycles. The topological polar surface area (TPSA) is 38.3 Å². The van der Waals surface area contributed by atoms with E-state index in [0.29, 0.717) is 6.42 Å². The number of hydrogen-bond donors (Lipinski definition) is 1. The average molecular weight is 279 g/mol. The summed E-state index contributed by atoms with van der Waals surface area (Å²) in [5, 5.41) is 3.02. The summed E-state index contributed by atoms with van der Waals surface area (Å²) in [4.78, 5) is 12.2. The van der Waals surface area contributed by atoms with Gasteiger partial charge in [0.15, 0.2) is 17.7 Å². The van der Waals surface area contributed by atoms with Gasteiger partial charge in [-0.05, 0) is 31.4 Å². The van der Waals surface area contributed by atoms with Crippen molar-refractivity contribution in [2.45, 2.75) is 57.6 Å². The molecular weight excluding hydrogens is 257 g/mol. The number of para-hydroxylation sites is 1. The van der Waals surface area contributed by atoms with Crippen LogP contribution in [0.1, 0.15) is 45.4 Å². The van der Waals surface area contributed by atoms with Gasteiger partial charge in [-0.25, -0.2) is 4.39 Å². The van der Waals surface area contributed by atoms with E-state index in [9.17, 15) is 9.18 Å². The van der Waals surface area contributed by atoms with Gasteiger partial charge in [0.05, 0.1) is 0 Å². The van der Waals surface area contributed by atoms with Gasteiger partial charge in [0, 0.05) is 6.04 Å². The van der Waals surface area contributed by atoms with E-state index in [1.807, 2.05) is 6.92 Å². The molecule has 1 aliphatic carbocycles. The zero-order valence-corrected chi connectivity index (χ0v) is 11.9. The van der Waals surface area contributed by atoms with Gasteiger partial charge >= 0.3 is 0 Å². The van der Waals surface area contributed by atoms with Gasteiger partial charge in [-0.3, -0.25) is 4.79 Å². The largest absolute Gasteiger partial charge is 0.478 e. The molecule has 3 nitrogen and oxygen atoms in total. The van der Waals surface area contributed by atoms with Crippen LogP contribution in [0.3, 0.4) is 0 Å². The lowest BCUT2D eigenvalue weighted by atomic mass is 9.95. The Morgan fingerprint density at radius 2 is 2.05 bits per heavy atom. The summed E-state index contributed by atoms with van der Waals surface area (Å²) >= 11 is 0. The maximum Gasteiger partial charge on any atom is 0.261 e. The van der Waals surface area contributed by atoms with Gasteiger partial charge in [-0.2, -0.15) is 0 Å². The van der Waals surface area contributed by atoms with E-state index in [1.54, 1.807) is 18.2 Å². The van der Waals surface area contributed by atoms with E-state index in [1.165, 1.54) is 12.5 Å². The molecule has 1 saturated carbocycles. The molecule has 1 amide bonds. The van der Waals surface area contributed by atoms with Crippen LogP contribution >= 0.6 is 0 Å². The number of carbonyl (C=O) groups excluding carboxylic acids is 1. The van der Waals surface area contributed by atoms with Crippen LogP contribution in [0.4, 0.5) is 4.39 Å². The van der Waals surface area contributed by atoms with Crippen LogP contribution in [0.5, 0.6) is 5.75 Å². The molecule has 0 aliphatic heterocycles. The number of halogens is 1. The third-order valence-corrected chi connectivity index (χ3v) is 3.72. The number of amides is 1. The summed E-state index contributed by atoms with van der Waals surface area (Å²) in [5.41, 5.74) is 0. The molecule has 0 heterocycles. The fourth-order valence-electron chi connectivity index (χ4n) is 2.56. The molecule has 0 radical (unpaired) electrons. The van der Waals surface area contributed by atoms with Crippen molar-refractivity contribution in [3.63, 3.8) is 0 Å². The molecule has 110 valence electrons. The summed E-state index contributed by atoms with van der Waals surface area (Å²) in [6, 6.07) is 6.43. The number of benzene rings is 1. The SMILES string of the molecule is CCC(Oc1ccccc1F)C(=O)NC1CCCCC1. The van der Waals surface area contributed by atoms with Crippen molar-refractivity contribution in [3.05, 3.63) is 30.1 Å². The van der Waals surface area contributed by atoms with E-state index < -0.39 is 11.9 Å². The highest BCUT2D eigenvalue weighted by atomic mass is 19.1. The Morgan fingerprint density at radius 3 is 2.70 bits per heavy atom. The second kappa shape index (κ2) is 7.27. The predicted molar refractivity (Wildman–Crippen MR) is 76.1 cm³/mol. The molecular formula is C16H22FNO2. The zero-order valence-electron chi connectivity index (χ0n) is 11.9. The molecule has 4 heteroatoms. The highest BCUT2D eigenvalue weighted by Crippen LogP contribution is 2.20. The average Bonchev–Trinajstić information content (AvgIpc) is 2.47. The zero-order chi connectivity index (χ0) is 14.4. The molecule has 2 rings (SSSR count). The van der Waals surface area contributed by atoms with Crippen LogP contribution in [0.2, 0.25) is 0 Å². The number of ether oxygens (including phenoxy) is 1. The highest BCUT2D eigenvalue weighted by Gasteiger charge is 2.23. The fraction of sp³-hybridized carbons (Fsp3) is 0.562. The third-order valence-electron chi connectivity index (χ3n) is 3.72. The maximum atomic E-state index is 13.6. The predicted octanol–water partition coefficient (Wildman–Crippen LogP) is 3.43. The number of hydrogen-bond acceptors (Lipinski definition) is 2. The van der Waals surface area contributed by atoms with Crippen LogP contribution in [0, 0.1) is 5.82 Å². The lowest BCUT2D eigenvalue weighted by Gasteiger charge is -2.25. The second-order valence-electron chi connectivity index (χ2n) is 5.29. The summed E-state index contributed by atoms with van der Waals surface area (Å²) in [5.74, 6) is -0.433. The van der Waals surface area contributed by atoms with Crippen molar-refractivity contribution in [2.24, 2.45) is 0 Å². The van der Waals surface area contributed by atoms with Crippen molar-refractivity contribution in [3.8, 4) is 5.75 Å². The quantitative estimate of drug-likeness (QED) is 0.896. The van der Waals surface area contributed by atoms with Crippen LogP contribution in [-0.4, -0.2) is 18.1 Å². The van der Waals surface area contributed by atoms with Crippen LogP contribution in [0.15, 0.2) is 24.3 Å². The molecule has 1 N–H and O–H groups in total. The number of rotatable bonds is 5. The minimum atomic E-state index is -0.631. The van der Waals surface area contributed by atoms with Crippen molar-refractivity contribution in [2.75, 3.05) is 0 Å². The minimum Gasteiger partial charge on any atom is -0.478 e. The van der Waals surface area contributed by atoms with Gasteiger partial charge in [-0.15, -0.1) is 0 Å². The number of nitrogens with one attached hydrogen (secondary N) is 1. The Morgan fingerprint density at radius 1 is 1.35 bits per heavy atom. The minimum absolute atomic E-state index is 0.136. The molecule has 0 saturated heterocycles. The van der Waals surface area contributed by atoms with E-state index >= 15 is 0 Å². The van der Waals surface area contributed by atoms with Crippen molar-refractivity contribution in [1.82, 2.24) is 5.32 Å². The van der Waals surface area contributed by atoms with Gasteiger partial charge in [0.25, 0.3) is 5.91 Å². The molecule has 0 bridgehead atoms. The molecule has 1 atom stereocenters. The summed E-state index contributed by atoms with van der Waals surface area (Å²) in [6.07, 6.45) is 5.52. The molecule has 0 aromatic heterocycles. The second-order valence-corrected chi connectivity index (χ2v) is 5.29. The van der Waals surface area contributed by atoms with Crippen LogP contribution in [0.25, 0.3) is 0 Å². The first kappa shape index (κ1) is 14.8. The van der Waals surface area contributed by atoms with Gasteiger partial charge in [0.1, 0.15) is 0 Å². The molecule has 1 fully saturated rings. The van der Waals surface area contributed by atoms with Gasteiger partial charge in [0.2, 0.25) is 0 Å². The Labute approximate surface area is 119 Å². The lowest BCUT2D eigenvalue weighted by molar-refractivity contribution is -0.129. The molecule has 1 aliphatic rings. The lowest BCUT2D eigenvalue weighted by Crippen LogP contribution is -2.44. The van der Waals surface area contributed by atoms with E-state index in [-0.39, 0.29) is 17.7 Å². The molecule has 0 spiro atoms. The van der Waals surface area contributed by atoms with Crippen molar-refractivity contribution < 1.29 is 13.9 Å². The molecule has 1 unspecified atom stereocenters. The van der Waals surface area contributed by atoms with E-state index in [4.69, 9.17) is 4.74 Å².